The van der Waals surface area contributed by atoms with Gasteiger partial charge < -0.3 is 10.0 Å². The Bertz CT molecular complexity index is 176. The number of carboxylic acids is 1. The largest absolute Gasteiger partial charge is 0.481 e. The summed E-state index contributed by atoms with van der Waals surface area (Å²) in [5.41, 5.74) is 0. The molecule has 1 saturated heterocycles. The number of carboxylic acid groups (broad SMARTS) is 1. The normalized spacial score (nSPS) is 19.8. The van der Waals surface area contributed by atoms with Crippen LogP contribution in [-0.2, 0) is 4.79 Å². The quantitative estimate of drug-likeness (QED) is 0.711. The summed E-state index contributed by atoms with van der Waals surface area (Å²) in [7, 11) is 0. The molecule has 0 amide bonds. The fourth-order valence-electron chi connectivity index (χ4n) is 1.92. The Balaban J connectivity index is 2.02. The van der Waals surface area contributed by atoms with E-state index in [0.717, 1.165) is 19.4 Å². The highest BCUT2D eigenvalue weighted by Crippen LogP contribution is 2.14. The summed E-state index contributed by atoms with van der Waals surface area (Å²) in [4.78, 5) is 12.8. The van der Waals surface area contributed by atoms with Crippen molar-refractivity contribution in [2.75, 3.05) is 19.6 Å². The molecule has 82 valence electrons. The van der Waals surface area contributed by atoms with Gasteiger partial charge in [-0.25, -0.2) is 0 Å². The first-order valence-electron chi connectivity index (χ1n) is 5.62. The van der Waals surface area contributed by atoms with Gasteiger partial charge in [0.1, 0.15) is 0 Å². The van der Waals surface area contributed by atoms with E-state index in [1.807, 2.05) is 0 Å². The van der Waals surface area contributed by atoms with E-state index in [2.05, 4.69) is 11.8 Å². The lowest BCUT2D eigenvalue weighted by Gasteiger charge is -2.17. The minimum Gasteiger partial charge on any atom is -0.481 e. The van der Waals surface area contributed by atoms with Gasteiger partial charge >= 0.3 is 5.97 Å². The van der Waals surface area contributed by atoms with E-state index in [4.69, 9.17) is 5.11 Å². The lowest BCUT2D eigenvalue weighted by molar-refractivity contribution is -0.137. The fourth-order valence-corrected chi connectivity index (χ4v) is 1.92. The van der Waals surface area contributed by atoms with Crippen LogP contribution in [0.25, 0.3) is 0 Å². The predicted octanol–water partition coefficient (Wildman–Crippen LogP) is 1.97. The maximum Gasteiger partial charge on any atom is 0.303 e. The zero-order valence-electron chi connectivity index (χ0n) is 9.04. The molecule has 0 bridgehead atoms. The molecular formula is C11H21NO2. The van der Waals surface area contributed by atoms with E-state index < -0.39 is 5.97 Å². The van der Waals surface area contributed by atoms with Crippen LogP contribution < -0.4 is 0 Å². The third-order valence-corrected chi connectivity index (χ3v) is 2.99. The summed E-state index contributed by atoms with van der Waals surface area (Å²) >= 11 is 0. The van der Waals surface area contributed by atoms with E-state index in [-0.39, 0.29) is 0 Å². The summed E-state index contributed by atoms with van der Waals surface area (Å²) in [5.74, 6) is -0.121. The van der Waals surface area contributed by atoms with Gasteiger partial charge in [0, 0.05) is 6.42 Å². The van der Waals surface area contributed by atoms with Crippen LogP contribution >= 0.6 is 0 Å². The minimum absolute atomic E-state index is 0.321. The average Bonchev–Trinajstić information content (AvgIpc) is 2.63. The molecule has 0 spiro atoms. The fraction of sp³-hybridized carbons (Fsp3) is 0.909. The Morgan fingerprint density at radius 3 is 2.57 bits per heavy atom. The molecule has 0 aromatic carbocycles. The summed E-state index contributed by atoms with van der Waals surface area (Å²) in [5, 5.41) is 8.53. The van der Waals surface area contributed by atoms with Crippen LogP contribution in [0.3, 0.4) is 0 Å². The molecule has 1 aliphatic rings. The molecule has 1 rings (SSSR count). The molecule has 1 unspecified atom stereocenters. The number of likely N-dealkylation sites (tertiary alicyclic amines) is 1. The van der Waals surface area contributed by atoms with Crippen LogP contribution in [0.1, 0.15) is 39.0 Å². The van der Waals surface area contributed by atoms with Crippen molar-refractivity contribution in [3.8, 4) is 0 Å². The summed E-state index contributed by atoms with van der Waals surface area (Å²) < 4.78 is 0. The Morgan fingerprint density at radius 1 is 1.36 bits per heavy atom. The maximum absolute atomic E-state index is 10.4. The number of aliphatic carboxylic acids is 1. The lowest BCUT2D eigenvalue weighted by atomic mass is 10.0. The van der Waals surface area contributed by atoms with Crippen LogP contribution in [0.15, 0.2) is 0 Å². The highest BCUT2D eigenvalue weighted by atomic mass is 16.4. The van der Waals surface area contributed by atoms with Crippen LogP contribution in [0, 0.1) is 5.92 Å². The van der Waals surface area contributed by atoms with Crippen molar-refractivity contribution in [1.29, 1.82) is 0 Å². The zero-order valence-corrected chi connectivity index (χ0v) is 9.04. The molecule has 3 heteroatoms. The number of hydrogen-bond donors (Lipinski definition) is 1. The number of hydrogen-bond acceptors (Lipinski definition) is 2. The van der Waals surface area contributed by atoms with Gasteiger partial charge in [0.05, 0.1) is 0 Å². The van der Waals surface area contributed by atoms with Crippen molar-refractivity contribution in [2.24, 2.45) is 5.92 Å². The standard InChI is InChI=1S/C11H21NO2/c1-10(4-5-11(13)14)6-9-12-7-2-3-8-12/h10H,2-9H2,1H3,(H,13,14). The first-order chi connectivity index (χ1) is 6.68. The van der Waals surface area contributed by atoms with Crippen molar-refractivity contribution in [1.82, 2.24) is 4.90 Å². The molecule has 0 aromatic heterocycles. The first-order valence-corrected chi connectivity index (χ1v) is 5.62. The van der Waals surface area contributed by atoms with Crippen LogP contribution in [0.4, 0.5) is 0 Å². The Kier molecular flexibility index (Phi) is 4.94. The highest BCUT2D eigenvalue weighted by molar-refractivity contribution is 5.66. The van der Waals surface area contributed by atoms with E-state index in [0.29, 0.717) is 12.3 Å². The monoisotopic (exact) mass is 199 g/mol. The molecule has 0 saturated carbocycles. The van der Waals surface area contributed by atoms with Crippen molar-refractivity contribution in [3.05, 3.63) is 0 Å². The molecule has 14 heavy (non-hydrogen) atoms. The summed E-state index contributed by atoms with van der Waals surface area (Å²) in [6.45, 7) is 5.79. The maximum atomic E-state index is 10.4. The average molecular weight is 199 g/mol. The van der Waals surface area contributed by atoms with E-state index in [1.54, 1.807) is 0 Å². The SMILES string of the molecule is CC(CCC(=O)O)CCN1CCCC1. The van der Waals surface area contributed by atoms with Gasteiger partial charge in [-0.05, 0) is 51.2 Å². The first kappa shape index (κ1) is 11.5. The molecule has 1 heterocycles. The topological polar surface area (TPSA) is 40.5 Å². The van der Waals surface area contributed by atoms with Gasteiger partial charge in [-0.15, -0.1) is 0 Å². The minimum atomic E-state index is -0.668. The van der Waals surface area contributed by atoms with Crippen molar-refractivity contribution >= 4 is 5.97 Å². The molecule has 0 aromatic rings. The highest BCUT2D eigenvalue weighted by Gasteiger charge is 2.12. The molecule has 0 radical (unpaired) electrons. The van der Waals surface area contributed by atoms with Gasteiger partial charge in [-0.3, -0.25) is 4.79 Å². The van der Waals surface area contributed by atoms with E-state index in [1.165, 1.54) is 25.9 Å². The van der Waals surface area contributed by atoms with E-state index in [9.17, 15) is 4.79 Å². The van der Waals surface area contributed by atoms with Crippen LogP contribution in [0.2, 0.25) is 0 Å². The van der Waals surface area contributed by atoms with Crippen LogP contribution in [0.5, 0.6) is 0 Å². The molecule has 1 aliphatic heterocycles. The molecule has 1 N–H and O–H groups in total. The van der Waals surface area contributed by atoms with Crippen LogP contribution in [-0.4, -0.2) is 35.6 Å². The number of carbonyl (C=O) groups is 1. The van der Waals surface area contributed by atoms with Gasteiger partial charge in [-0.1, -0.05) is 6.92 Å². The second-order valence-electron chi connectivity index (χ2n) is 4.38. The predicted molar refractivity (Wildman–Crippen MR) is 56.3 cm³/mol. The number of rotatable bonds is 6. The third kappa shape index (κ3) is 4.61. The van der Waals surface area contributed by atoms with Crippen molar-refractivity contribution in [3.63, 3.8) is 0 Å². The number of nitrogens with zero attached hydrogens (tertiary/aromatic N) is 1. The summed E-state index contributed by atoms with van der Waals surface area (Å²) in [6.07, 6.45) is 4.96. The molecular weight excluding hydrogens is 178 g/mol. The van der Waals surface area contributed by atoms with Crippen molar-refractivity contribution in [2.45, 2.75) is 39.0 Å². The van der Waals surface area contributed by atoms with Gasteiger partial charge in [0.15, 0.2) is 0 Å². The Labute approximate surface area is 86.1 Å². The van der Waals surface area contributed by atoms with Gasteiger partial charge in [-0.2, -0.15) is 0 Å². The molecule has 1 atom stereocenters. The second-order valence-corrected chi connectivity index (χ2v) is 4.38. The zero-order chi connectivity index (χ0) is 10.4. The second kappa shape index (κ2) is 6.02. The van der Waals surface area contributed by atoms with E-state index >= 15 is 0 Å². The molecule has 0 aliphatic carbocycles. The Morgan fingerprint density at radius 2 is 2.00 bits per heavy atom. The molecule has 1 fully saturated rings. The third-order valence-electron chi connectivity index (χ3n) is 2.99. The Hall–Kier alpha value is -0.570. The lowest BCUT2D eigenvalue weighted by Crippen LogP contribution is -2.22. The van der Waals surface area contributed by atoms with Crippen molar-refractivity contribution < 1.29 is 9.90 Å². The molecule has 3 nitrogen and oxygen atoms in total. The van der Waals surface area contributed by atoms with Gasteiger partial charge in [0.25, 0.3) is 0 Å². The smallest absolute Gasteiger partial charge is 0.303 e. The van der Waals surface area contributed by atoms with Gasteiger partial charge in [0.2, 0.25) is 0 Å². The summed E-state index contributed by atoms with van der Waals surface area (Å²) in [6, 6.07) is 0.